The first-order chi connectivity index (χ1) is 5.77. The van der Waals surface area contributed by atoms with E-state index in [4.69, 9.17) is 10.5 Å². The molecular weight excluding hydrogens is 156 g/mol. The van der Waals surface area contributed by atoms with Crippen LogP contribution in [0.25, 0.3) is 0 Å². The molecule has 0 aromatic rings. The van der Waals surface area contributed by atoms with Crippen LogP contribution in [-0.4, -0.2) is 43.7 Å². The van der Waals surface area contributed by atoms with Crippen molar-refractivity contribution in [3.63, 3.8) is 0 Å². The van der Waals surface area contributed by atoms with Gasteiger partial charge in [0, 0.05) is 33.2 Å². The molecule has 1 unspecified atom stereocenters. The van der Waals surface area contributed by atoms with Gasteiger partial charge in [-0.05, 0) is 6.42 Å². The average Bonchev–Trinajstić information content (AvgIpc) is 2.52. The van der Waals surface area contributed by atoms with Crippen molar-refractivity contribution in [3.8, 4) is 0 Å². The van der Waals surface area contributed by atoms with E-state index < -0.39 is 0 Å². The van der Waals surface area contributed by atoms with Crippen LogP contribution in [0.2, 0.25) is 0 Å². The van der Waals surface area contributed by atoms with Gasteiger partial charge >= 0.3 is 0 Å². The number of carbonyl (C=O) groups excluding carboxylic acids is 1. The number of carbonyl (C=O) groups is 1. The van der Waals surface area contributed by atoms with Gasteiger partial charge in [0.25, 0.3) is 0 Å². The number of nitrogens with two attached hydrogens (primary N) is 1. The lowest BCUT2D eigenvalue weighted by Gasteiger charge is -2.15. The van der Waals surface area contributed by atoms with Crippen molar-refractivity contribution >= 4 is 5.91 Å². The summed E-state index contributed by atoms with van der Waals surface area (Å²) in [5.41, 5.74) is 5.29. The third-order valence-corrected chi connectivity index (χ3v) is 2.19. The van der Waals surface area contributed by atoms with Crippen molar-refractivity contribution in [2.45, 2.75) is 18.9 Å². The molecule has 0 radical (unpaired) electrons. The van der Waals surface area contributed by atoms with Crippen molar-refractivity contribution in [3.05, 3.63) is 0 Å². The molecule has 70 valence electrons. The van der Waals surface area contributed by atoms with Crippen molar-refractivity contribution < 1.29 is 9.53 Å². The summed E-state index contributed by atoms with van der Waals surface area (Å²) in [6.07, 6.45) is 1.63. The molecule has 1 rings (SSSR count). The smallest absolute Gasteiger partial charge is 0.223 e. The number of hydrogen-bond acceptors (Lipinski definition) is 3. The Morgan fingerprint density at radius 1 is 1.75 bits per heavy atom. The van der Waals surface area contributed by atoms with Crippen molar-refractivity contribution in [2.75, 3.05) is 26.7 Å². The Morgan fingerprint density at radius 2 is 2.50 bits per heavy atom. The molecular formula is C8H16N2O2. The number of rotatable bonds is 3. The highest BCUT2D eigenvalue weighted by Gasteiger charge is 2.24. The minimum absolute atomic E-state index is 0.150. The predicted molar refractivity (Wildman–Crippen MR) is 45.7 cm³/mol. The quantitative estimate of drug-likeness (QED) is 0.629. The standard InChI is InChI=1S/C8H16N2O2/c1-12-7-3-5-10(6-7)8(11)2-4-9/h7H,2-6,9H2,1H3. The summed E-state index contributed by atoms with van der Waals surface area (Å²) in [7, 11) is 1.68. The molecule has 12 heavy (non-hydrogen) atoms. The van der Waals surface area contributed by atoms with Crippen LogP contribution in [0.15, 0.2) is 0 Å². The average molecular weight is 172 g/mol. The summed E-state index contributed by atoms with van der Waals surface area (Å²) >= 11 is 0. The van der Waals surface area contributed by atoms with E-state index in [1.165, 1.54) is 0 Å². The molecule has 1 heterocycles. The summed E-state index contributed by atoms with van der Waals surface area (Å²) in [6.45, 7) is 1.99. The number of hydrogen-bond donors (Lipinski definition) is 1. The van der Waals surface area contributed by atoms with Gasteiger partial charge in [0.15, 0.2) is 0 Å². The van der Waals surface area contributed by atoms with Gasteiger partial charge in [-0.25, -0.2) is 0 Å². The fourth-order valence-electron chi connectivity index (χ4n) is 1.43. The highest BCUT2D eigenvalue weighted by molar-refractivity contribution is 5.76. The first kappa shape index (κ1) is 9.48. The maximum Gasteiger partial charge on any atom is 0.223 e. The van der Waals surface area contributed by atoms with Crippen LogP contribution in [0.1, 0.15) is 12.8 Å². The highest BCUT2D eigenvalue weighted by atomic mass is 16.5. The highest BCUT2D eigenvalue weighted by Crippen LogP contribution is 2.12. The number of methoxy groups -OCH3 is 1. The molecule has 1 amide bonds. The molecule has 1 fully saturated rings. The maximum absolute atomic E-state index is 11.3. The molecule has 0 saturated carbocycles. The minimum Gasteiger partial charge on any atom is -0.380 e. The van der Waals surface area contributed by atoms with E-state index in [0.29, 0.717) is 13.0 Å². The third kappa shape index (κ3) is 2.19. The van der Waals surface area contributed by atoms with Crippen LogP contribution >= 0.6 is 0 Å². The van der Waals surface area contributed by atoms with Crippen LogP contribution in [0.5, 0.6) is 0 Å². The Kier molecular flexibility index (Phi) is 3.49. The zero-order chi connectivity index (χ0) is 8.97. The molecule has 2 N–H and O–H groups in total. The van der Waals surface area contributed by atoms with Gasteiger partial charge in [0.2, 0.25) is 5.91 Å². The molecule has 1 aliphatic rings. The summed E-state index contributed by atoms with van der Waals surface area (Å²) in [4.78, 5) is 13.1. The molecule has 1 aliphatic heterocycles. The van der Waals surface area contributed by atoms with E-state index in [1.54, 1.807) is 7.11 Å². The second-order valence-electron chi connectivity index (χ2n) is 3.02. The van der Waals surface area contributed by atoms with Crippen molar-refractivity contribution in [2.24, 2.45) is 5.73 Å². The van der Waals surface area contributed by atoms with E-state index in [1.807, 2.05) is 4.90 Å². The van der Waals surface area contributed by atoms with E-state index >= 15 is 0 Å². The molecule has 0 aliphatic carbocycles. The Labute approximate surface area is 72.7 Å². The van der Waals surface area contributed by atoms with Gasteiger partial charge < -0.3 is 15.4 Å². The SMILES string of the molecule is COC1CCN(C(=O)CCN)C1. The monoisotopic (exact) mass is 172 g/mol. The van der Waals surface area contributed by atoms with Gasteiger partial charge in [0.1, 0.15) is 0 Å². The normalized spacial score (nSPS) is 23.2. The van der Waals surface area contributed by atoms with Crippen LogP contribution in [0.4, 0.5) is 0 Å². The van der Waals surface area contributed by atoms with Gasteiger partial charge in [-0.2, -0.15) is 0 Å². The second kappa shape index (κ2) is 4.42. The molecule has 0 aromatic carbocycles. The van der Waals surface area contributed by atoms with Crippen LogP contribution in [0, 0.1) is 0 Å². The van der Waals surface area contributed by atoms with Gasteiger partial charge in [-0.3, -0.25) is 4.79 Å². The molecule has 0 spiro atoms. The maximum atomic E-state index is 11.3. The molecule has 1 atom stereocenters. The Bertz CT molecular complexity index is 161. The van der Waals surface area contributed by atoms with E-state index in [9.17, 15) is 4.79 Å². The van der Waals surface area contributed by atoms with Crippen molar-refractivity contribution in [1.82, 2.24) is 4.90 Å². The lowest BCUT2D eigenvalue weighted by Crippen LogP contribution is -2.31. The van der Waals surface area contributed by atoms with Gasteiger partial charge in [-0.15, -0.1) is 0 Å². The van der Waals surface area contributed by atoms with Gasteiger partial charge in [-0.1, -0.05) is 0 Å². The molecule has 4 heteroatoms. The van der Waals surface area contributed by atoms with Crippen molar-refractivity contribution in [1.29, 1.82) is 0 Å². The summed E-state index contributed by atoms with van der Waals surface area (Å²) in [5.74, 6) is 0.150. The molecule has 4 nitrogen and oxygen atoms in total. The molecule has 1 saturated heterocycles. The predicted octanol–water partition coefficient (Wildman–Crippen LogP) is -0.417. The summed E-state index contributed by atoms with van der Waals surface area (Å²) in [5, 5.41) is 0. The lowest BCUT2D eigenvalue weighted by molar-refractivity contribution is -0.130. The number of amides is 1. The van der Waals surface area contributed by atoms with Crippen LogP contribution < -0.4 is 5.73 Å². The summed E-state index contributed by atoms with van der Waals surface area (Å²) < 4.78 is 5.14. The fourth-order valence-corrected chi connectivity index (χ4v) is 1.43. The minimum atomic E-state index is 0.150. The topological polar surface area (TPSA) is 55.6 Å². The third-order valence-electron chi connectivity index (χ3n) is 2.19. The van der Waals surface area contributed by atoms with Crippen LogP contribution in [0.3, 0.4) is 0 Å². The number of nitrogens with zero attached hydrogens (tertiary/aromatic N) is 1. The fraction of sp³-hybridized carbons (Fsp3) is 0.875. The zero-order valence-electron chi connectivity index (χ0n) is 7.45. The van der Waals surface area contributed by atoms with Crippen LogP contribution in [-0.2, 0) is 9.53 Å². The first-order valence-corrected chi connectivity index (χ1v) is 4.28. The van der Waals surface area contributed by atoms with E-state index in [2.05, 4.69) is 0 Å². The molecule has 0 bridgehead atoms. The summed E-state index contributed by atoms with van der Waals surface area (Å²) in [6, 6.07) is 0. The first-order valence-electron chi connectivity index (χ1n) is 4.28. The Morgan fingerprint density at radius 3 is 3.00 bits per heavy atom. The Hall–Kier alpha value is -0.610. The van der Waals surface area contributed by atoms with Gasteiger partial charge in [0.05, 0.1) is 6.10 Å². The second-order valence-corrected chi connectivity index (χ2v) is 3.02. The largest absolute Gasteiger partial charge is 0.380 e. The number of likely N-dealkylation sites (tertiary alicyclic amines) is 1. The molecule has 0 aromatic heterocycles. The lowest BCUT2D eigenvalue weighted by atomic mass is 10.3. The van der Waals surface area contributed by atoms with E-state index in [0.717, 1.165) is 19.5 Å². The Balaban J connectivity index is 2.31. The van der Waals surface area contributed by atoms with E-state index in [-0.39, 0.29) is 12.0 Å². The zero-order valence-corrected chi connectivity index (χ0v) is 7.45. The number of ether oxygens (including phenoxy) is 1.